The predicted octanol–water partition coefficient (Wildman–Crippen LogP) is 3.40. The lowest BCUT2D eigenvalue weighted by molar-refractivity contribution is 0.0933. The first kappa shape index (κ1) is 15.7. The van der Waals surface area contributed by atoms with Crippen LogP contribution in [0.1, 0.15) is 37.0 Å². The Morgan fingerprint density at radius 3 is 2.62 bits per heavy atom. The number of benzene rings is 1. The Bertz CT molecular complexity index is 612. The smallest absolute Gasteiger partial charge is 0.253 e. The molecule has 0 saturated carbocycles. The Morgan fingerprint density at radius 2 is 1.95 bits per heavy atom. The molecule has 1 amide bonds. The van der Waals surface area contributed by atoms with Crippen LogP contribution >= 0.6 is 11.6 Å². The average Bonchev–Trinajstić information content (AvgIpc) is 2.56. The van der Waals surface area contributed by atoms with Crippen LogP contribution in [-0.4, -0.2) is 28.3 Å². The van der Waals surface area contributed by atoms with Crippen LogP contribution < -0.4 is 5.32 Å². The minimum Gasteiger partial charge on any atom is -0.351 e. The van der Waals surface area contributed by atoms with Crippen molar-refractivity contribution >= 4 is 28.5 Å². The van der Waals surface area contributed by atoms with Gasteiger partial charge in [0.2, 0.25) is 0 Å². The van der Waals surface area contributed by atoms with E-state index in [9.17, 15) is 4.79 Å². The molecule has 0 radical (unpaired) electrons. The van der Waals surface area contributed by atoms with E-state index in [4.69, 9.17) is 11.6 Å². The Kier molecular flexibility index (Phi) is 5.12. The van der Waals surface area contributed by atoms with Crippen LogP contribution in [0.15, 0.2) is 30.6 Å². The first-order valence-electron chi connectivity index (χ1n) is 7.19. The van der Waals surface area contributed by atoms with Gasteiger partial charge >= 0.3 is 0 Å². The van der Waals surface area contributed by atoms with Crippen LogP contribution in [0.25, 0.3) is 11.0 Å². The maximum atomic E-state index is 12.4. The highest BCUT2D eigenvalue weighted by molar-refractivity contribution is 6.18. The van der Waals surface area contributed by atoms with Gasteiger partial charge in [0, 0.05) is 30.2 Å². The second kappa shape index (κ2) is 6.85. The quantitative estimate of drug-likeness (QED) is 0.832. The van der Waals surface area contributed by atoms with Crippen molar-refractivity contribution in [1.82, 2.24) is 15.3 Å². The van der Waals surface area contributed by atoms with Crippen molar-refractivity contribution in [3.63, 3.8) is 0 Å². The van der Waals surface area contributed by atoms with Crippen LogP contribution in [0.2, 0.25) is 0 Å². The normalized spacial score (nSPS) is 11.6. The van der Waals surface area contributed by atoms with Crippen molar-refractivity contribution in [3.8, 4) is 0 Å². The van der Waals surface area contributed by atoms with E-state index in [2.05, 4.69) is 29.1 Å². The summed E-state index contributed by atoms with van der Waals surface area (Å²) in [5.74, 6) is 0.410. The van der Waals surface area contributed by atoms with Crippen LogP contribution in [-0.2, 0) is 0 Å². The molecule has 1 heterocycles. The monoisotopic (exact) mass is 305 g/mol. The number of nitrogens with one attached hydrogen (secondary N) is 1. The third-order valence-electron chi connectivity index (χ3n) is 4.15. The zero-order valence-electron chi connectivity index (χ0n) is 12.4. The van der Waals surface area contributed by atoms with Crippen molar-refractivity contribution in [3.05, 3.63) is 36.2 Å². The molecule has 0 unspecified atom stereocenters. The summed E-state index contributed by atoms with van der Waals surface area (Å²) in [7, 11) is 0. The molecule has 0 aliphatic rings. The molecule has 1 aromatic heterocycles. The van der Waals surface area contributed by atoms with Gasteiger partial charge in [0.15, 0.2) is 0 Å². The lowest BCUT2D eigenvalue weighted by atomic mass is 9.84. The Balaban J connectivity index is 2.20. The molecule has 0 aliphatic carbocycles. The molecule has 0 aliphatic heterocycles. The SMILES string of the molecule is CCC(CC)(CCl)CNC(=O)c1cccc2nccnc12. The summed E-state index contributed by atoms with van der Waals surface area (Å²) in [6.07, 6.45) is 5.09. The van der Waals surface area contributed by atoms with Crippen LogP contribution in [0.3, 0.4) is 0 Å². The number of halogens is 1. The Morgan fingerprint density at radius 1 is 1.24 bits per heavy atom. The molecule has 0 bridgehead atoms. The third-order valence-corrected chi connectivity index (χ3v) is 4.72. The number of hydrogen-bond donors (Lipinski definition) is 1. The topological polar surface area (TPSA) is 54.9 Å². The maximum Gasteiger partial charge on any atom is 0.253 e. The molecular formula is C16H20ClN3O. The fraction of sp³-hybridized carbons (Fsp3) is 0.438. The predicted molar refractivity (Wildman–Crippen MR) is 85.6 cm³/mol. The molecule has 1 N–H and O–H groups in total. The third kappa shape index (κ3) is 3.32. The molecule has 112 valence electrons. The zero-order chi connectivity index (χ0) is 15.3. The number of para-hydroxylation sites is 1. The number of rotatable bonds is 6. The molecule has 2 aromatic rings. The Labute approximate surface area is 129 Å². The molecule has 0 fully saturated rings. The Hall–Kier alpha value is -1.68. The van der Waals surface area contributed by atoms with Gasteiger partial charge in [0.1, 0.15) is 5.52 Å². The fourth-order valence-electron chi connectivity index (χ4n) is 2.28. The first-order chi connectivity index (χ1) is 10.2. The minimum absolute atomic E-state index is 0.0481. The average molecular weight is 306 g/mol. The van der Waals surface area contributed by atoms with Gasteiger partial charge < -0.3 is 5.32 Å². The molecule has 0 spiro atoms. The van der Waals surface area contributed by atoms with E-state index in [1.165, 1.54) is 0 Å². The number of amides is 1. The summed E-state index contributed by atoms with van der Waals surface area (Å²) >= 11 is 6.08. The fourth-order valence-corrected chi connectivity index (χ4v) is 2.75. The highest BCUT2D eigenvalue weighted by Gasteiger charge is 2.26. The summed E-state index contributed by atoms with van der Waals surface area (Å²) in [5, 5.41) is 2.99. The second-order valence-electron chi connectivity index (χ2n) is 5.25. The van der Waals surface area contributed by atoms with Gasteiger partial charge in [0.25, 0.3) is 5.91 Å². The summed E-state index contributed by atoms with van der Waals surface area (Å²) in [6, 6.07) is 5.44. The molecule has 0 saturated heterocycles. The largest absolute Gasteiger partial charge is 0.351 e. The molecule has 1 aromatic carbocycles. The lowest BCUT2D eigenvalue weighted by Gasteiger charge is -2.29. The number of carbonyl (C=O) groups excluding carboxylic acids is 1. The molecular weight excluding hydrogens is 286 g/mol. The summed E-state index contributed by atoms with van der Waals surface area (Å²) in [5.41, 5.74) is 1.85. The van der Waals surface area contributed by atoms with Crippen molar-refractivity contribution in [2.24, 2.45) is 5.41 Å². The van der Waals surface area contributed by atoms with E-state index in [0.29, 0.717) is 23.5 Å². The van der Waals surface area contributed by atoms with Crippen LogP contribution in [0.4, 0.5) is 0 Å². The second-order valence-corrected chi connectivity index (χ2v) is 5.52. The van der Waals surface area contributed by atoms with E-state index >= 15 is 0 Å². The number of hydrogen-bond acceptors (Lipinski definition) is 3. The van der Waals surface area contributed by atoms with Gasteiger partial charge in [-0.05, 0) is 25.0 Å². The van der Waals surface area contributed by atoms with Crippen molar-refractivity contribution in [2.75, 3.05) is 12.4 Å². The van der Waals surface area contributed by atoms with Gasteiger partial charge in [-0.2, -0.15) is 0 Å². The number of nitrogens with zero attached hydrogens (tertiary/aromatic N) is 2. The van der Waals surface area contributed by atoms with Crippen LogP contribution in [0, 0.1) is 5.41 Å². The van der Waals surface area contributed by atoms with Gasteiger partial charge in [-0.25, -0.2) is 0 Å². The summed E-state index contributed by atoms with van der Waals surface area (Å²) in [6.45, 7) is 4.77. The van der Waals surface area contributed by atoms with Crippen molar-refractivity contribution in [1.29, 1.82) is 0 Å². The van der Waals surface area contributed by atoms with E-state index in [0.717, 1.165) is 18.4 Å². The number of alkyl halides is 1. The molecule has 21 heavy (non-hydrogen) atoms. The van der Waals surface area contributed by atoms with E-state index < -0.39 is 0 Å². The summed E-state index contributed by atoms with van der Waals surface area (Å²) in [4.78, 5) is 20.9. The molecule has 4 nitrogen and oxygen atoms in total. The van der Waals surface area contributed by atoms with Crippen molar-refractivity contribution in [2.45, 2.75) is 26.7 Å². The lowest BCUT2D eigenvalue weighted by Crippen LogP contribution is -2.38. The van der Waals surface area contributed by atoms with Gasteiger partial charge in [-0.1, -0.05) is 19.9 Å². The van der Waals surface area contributed by atoms with Gasteiger partial charge in [0.05, 0.1) is 11.1 Å². The molecule has 0 atom stereocenters. The zero-order valence-corrected chi connectivity index (χ0v) is 13.2. The number of carbonyl (C=O) groups is 1. The van der Waals surface area contributed by atoms with Crippen LogP contribution in [0.5, 0.6) is 0 Å². The highest BCUT2D eigenvalue weighted by Crippen LogP contribution is 2.27. The molecule has 5 heteroatoms. The van der Waals surface area contributed by atoms with Gasteiger partial charge in [-0.3, -0.25) is 14.8 Å². The number of aromatic nitrogens is 2. The molecule has 2 rings (SSSR count). The maximum absolute atomic E-state index is 12.4. The van der Waals surface area contributed by atoms with E-state index in [1.807, 2.05) is 12.1 Å². The van der Waals surface area contributed by atoms with Gasteiger partial charge in [-0.15, -0.1) is 11.6 Å². The standard InChI is InChI=1S/C16H20ClN3O/c1-3-16(4-2,10-17)11-20-15(21)12-6-5-7-13-14(12)19-9-8-18-13/h5-9H,3-4,10-11H2,1-2H3,(H,20,21). The number of fused-ring (bicyclic) bond motifs is 1. The minimum atomic E-state index is -0.127. The highest BCUT2D eigenvalue weighted by atomic mass is 35.5. The van der Waals surface area contributed by atoms with Crippen molar-refractivity contribution < 1.29 is 4.79 Å². The summed E-state index contributed by atoms with van der Waals surface area (Å²) < 4.78 is 0. The first-order valence-corrected chi connectivity index (χ1v) is 7.73. The van der Waals surface area contributed by atoms with E-state index in [1.54, 1.807) is 18.5 Å². The van der Waals surface area contributed by atoms with E-state index in [-0.39, 0.29) is 11.3 Å².